The number of carbonyl (C=O) groups excluding carboxylic acids is 1. The van der Waals surface area contributed by atoms with E-state index in [1.165, 1.54) is 0 Å². The van der Waals surface area contributed by atoms with E-state index in [4.69, 9.17) is 4.74 Å². The minimum Gasteiger partial charge on any atom is -0.494 e. The Morgan fingerprint density at radius 3 is 2.92 bits per heavy atom. The number of nitrogens with zero attached hydrogens (tertiary/aromatic N) is 2. The number of amides is 1. The second-order valence-corrected chi connectivity index (χ2v) is 5.68. The number of rotatable bonds is 7. The molecule has 0 spiro atoms. The summed E-state index contributed by atoms with van der Waals surface area (Å²) in [6.07, 6.45) is 3.41. The molecular weight excluding hydrogens is 318 g/mol. The fraction of sp³-hybridized carbons (Fsp3) is 0.263. The van der Waals surface area contributed by atoms with Gasteiger partial charge in [0, 0.05) is 42.5 Å². The first kappa shape index (κ1) is 17.0. The van der Waals surface area contributed by atoms with E-state index in [-0.39, 0.29) is 19.1 Å². The molecule has 2 aromatic heterocycles. The zero-order valence-corrected chi connectivity index (χ0v) is 14.1. The SMILES string of the molecule is CCOc1ccc2cc(C(=O)N(CCO)Cc3cccnc3)[nH]c2c1. The Morgan fingerprint density at radius 1 is 1.32 bits per heavy atom. The minimum atomic E-state index is -0.160. The lowest BCUT2D eigenvalue weighted by molar-refractivity contribution is 0.0702. The number of aromatic nitrogens is 2. The summed E-state index contributed by atoms with van der Waals surface area (Å²) in [4.78, 5) is 21.7. The average molecular weight is 339 g/mol. The summed E-state index contributed by atoms with van der Waals surface area (Å²) in [5, 5.41) is 10.3. The van der Waals surface area contributed by atoms with Crippen LogP contribution < -0.4 is 4.74 Å². The third-order valence-corrected chi connectivity index (χ3v) is 3.89. The second kappa shape index (κ2) is 7.81. The van der Waals surface area contributed by atoms with Crippen LogP contribution in [0.4, 0.5) is 0 Å². The van der Waals surface area contributed by atoms with Crippen molar-refractivity contribution in [3.05, 3.63) is 60.0 Å². The Balaban J connectivity index is 1.84. The van der Waals surface area contributed by atoms with Gasteiger partial charge in [-0.05, 0) is 36.8 Å². The van der Waals surface area contributed by atoms with E-state index in [1.807, 2.05) is 43.3 Å². The largest absolute Gasteiger partial charge is 0.494 e. The van der Waals surface area contributed by atoms with Gasteiger partial charge in [-0.25, -0.2) is 0 Å². The standard InChI is InChI=1S/C19H21N3O3/c1-2-25-16-6-5-15-10-18(21-17(15)11-16)19(24)22(8-9-23)13-14-4-3-7-20-12-14/h3-7,10-12,21,23H,2,8-9,13H2,1H3. The van der Waals surface area contributed by atoms with Gasteiger partial charge in [-0.2, -0.15) is 0 Å². The van der Waals surface area contributed by atoms with Crippen molar-refractivity contribution in [3.63, 3.8) is 0 Å². The molecule has 0 aliphatic carbocycles. The number of ether oxygens (including phenoxy) is 1. The molecule has 25 heavy (non-hydrogen) atoms. The van der Waals surface area contributed by atoms with Crippen molar-refractivity contribution in [2.45, 2.75) is 13.5 Å². The number of nitrogens with one attached hydrogen (secondary N) is 1. The molecule has 1 amide bonds. The number of pyridine rings is 1. The summed E-state index contributed by atoms with van der Waals surface area (Å²) < 4.78 is 5.49. The van der Waals surface area contributed by atoms with Crippen molar-refractivity contribution < 1.29 is 14.6 Å². The van der Waals surface area contributed by atoms with Crippen LogP contribution in [0.5, 0.6) is 5.75 Å². The smallest absolute Gasteiger partial charge is 0.270 e. The summed E-state index contributed by atoms with van der Waals surface area (Å²) in [5.41, 5.74) is 2.25. The molecule has 0 aliphatic heterocycles. The van der Waals surface area contributed by atoms with Crippen molar-refractivity contribution >= 4 is 16.8 Å². The van der Waals surface area contributed by atoms with E-state index in [1.54, 1.807) is 17.3 Å². The topological polar surface area (TPSA) is 78.4 Å². The molecule has 0 unspecified atom stereocenters. The zero-order chi connectivity index (χ0) is 17.6. The van der Waals surface area contributed by atoms with Gasteiger partial charge in [0.05, 0.1) is 13.2 Å². The summed E-state index contributed by atoms with van der Waals surface area (Å²) in [5.74, 6) is 0.602. The third kappa shape index (κ3) is 3.97. The Kier molecular flexibility index (Phi) is 5.30. The number of fused-ring (bicyclic) bond motifs is 1. The molecule has 0 aliphatic rings. The molecule has 0 saturated heterocycles. The number of hydrogen-bond acceptors (Lipinski definition) is 4. The maximum absolute atomic E-state index is 12.9. The van der Waals surface area contributed by atoms with E-state index in [9.17, 15) is 9.90 Å². The molecule has 0 fully saturated rings. The van der Waals surface area contributed by atoms with Gasteiger partial charge in [0.1, 0.15) is 11.4 Å². The first-order chi connectivity index (χ1) is 12.2. The third-order valence-electron chi connectivity index (χ3n) is 3.89. The van der Waals surface area contributed by atoms with Crippen LogP contribution in [0.2, 0.25) is 0 Å². The molecule has 6 nitrogen and oxygen atoms in total. The molecule has 2 heterocycles. The van der Waals surface area contributed by atoms with Crippen LogP contribution in [-0.4, -0.2) is 45.6 Å². The van der Waals surface area contributed by atoms with Gasteiger partial charge < -0.3 is 19.7 Å². The van der Waals surface area contributed by atoms with E-state index >= 15 is 0 Å². The van der Waals surface area contributed by atoms with Crippen molar-refractivity contribution in [2.24, 2.45) is 0 Å². The number of aliphatic hydroxyl groups excluding tert-OH is 1. The van der Waals surface area contributed by atoms with Gasteiger partial charge in [-0.3, -0.25) is 9.78 Å². The van der Waals surface area contributed by atoms with Crippen LogP contribution in [0.15, 0.2) is 48.8 Å². The molecule has 6 heteroatoms. The Labute approximate surface area is 146 Å². The lowest BCUT2D eigenvalue weighted by Gasteiger charge is -2.21. The average Bonchev–Trinajstić information content (AvgIpc) is 3.05. The molecule has 2 N–H and O–H groups in total. The highest BCUT2D eigenvalue weighted by atomic mass is 16.5. The molecule has 0 bridgehead atoms. The predicted octanol–water partition coefficient (Wildman–Crippen LogP) is 2.60. The van der Waals surface area contributed by atoms with Crippen molar-refractivity contribution in [1.82, 2.24) is 14.9 Å². The van der Waals surface area contributed by atoms with E-state index in [0.29, 0.717) is 18.8 Å². The molecule has 130 valence electrons. The summed E-state index contributed by atoms with van der Waals surface area (Å²) in [6.45, 7) is 3.08. The molecule has 3 aromatic rings. The van der Waals surface area contributed by atoms with Crippen molar-refractivity contribution in [3.8, 4) is 5.75 Å². The van der Waals surface area contributed by atoms with Gasteiger partial charge in [0.25, 0.3) is 5.91 Å². The lowest BCUT2D eigenvalue weighted by Crippen LogP contribution is -2.33. The monoisotopic (exact) mass is 339 g/mol. The Morgan fingerprint density at radius 2 is 2.20 bits per heavy atom. The first-order valence-electron chi connectivity index (χ1n) is 8.26. The van der Waals surface area contributed by atoms with Gasteiger partial charge in [-0.1, -0.05) is 6.07 Å². The van der Waals surface area contributed by atoms with Crippen LogP contribution in [-0.2, 0) is 6.54 Å². The van der Waals surface area contributed by atoms with Gasteiger partial charge in [-0.15, -0.1) is 0 Å². The number of carbonyl (C=O) groups is 1. The van der Waals surface area contributed by atoms with Gasteiger partial charge in [0.2, 0.25) is 0 Å². The maximum atomic E-state index is 12.9. The highest BCUT2D eigenvalue weighted by Gasteiger charge is 2.18. The first-order valence-corrected chi connectivity index (χ1v) is 8.26. The van der Waals surface area contributed by atoms with E-state index < -0.39 is 0 Å². The van der Waals surface area contributed by atoms with E-state index in [2.05, 4.69) is 9.97 Å². The van der Waals surface area contributed by atoms with Crippen molar-refractivity contribution in [1.29, 1.82) is 0 Å². The molecule has 0 saturated carbocycles. The Bertz CT molecular complexity index is 846. The number of aromatic amines is 1. The Hall–Kier alpha value is -2.86. The number of H-pyrrole nitrogens is 1. The summed E-state index contributed by atoms with van der Waals surface area (Å²) in [6, 6.07) is 11.2. The normalized spacial score (nSPS) is 10.8. The molecule has 0 radical (unpaired) electrons. The second-order valence-electron chi connectivity index (χ2n) is 5.68. The number of aliphatic hydroxyl groups is 1. The van der Waals surface area contributed by atoms with Crippen LogP contribution in [0, 0.1) is 0 Å². The zero-order valence-electron chi connectivity index (χ0n) is 14.1. The maximum Gasteiger partial charge on any atom is 0.270 e. The quantitative estimate of drug-likeness (QED) is 0.693. The molecule has 1 aromatic carbocycles. The number of benzene rings is 1. The molecular formula is C19H21N3O3. The van der Waals surface area contributed by atoms with Crippen LogP contribution >= 0.6 is 0 Å². The van der Waals surface area contributed by atoms with E-state index in [0.717, 1.165) is 22.2 Å². The molecule has 3 rings (SSSR count). The fourth-order valence-electron chi connectivity index (χ4n) is 2.73. The predicted molar refractivity (Wildman–Crippen MR) is 95.5 cm³/mol. The summed E-state index contributed by atoms with van der Waals surface area (Å²) >= 11 is 0. The summed E-state index contributed by atoms with van der Waals surface area (Å²) in [7, 11) is 0. The minimum absolute atomic E-state index is 0.0965. The fourth-order valence-corrected chi connectivity index (χ4v) is 2.73. The number of hydrogen-bond donors (Lipinski definition) is 2. The lowest BCUT2D eigenvalue weighted by atomic mass is 10.2. The molecule has 0 atom stereocenters. The van der Waals surface area contributed by atoms with Crippen LogP contribution in [0.3, 0.4) is 0 Å². The van der Waals surface area contributed by atoms with Gasteiger partial charge in [0.15, 0.2) is 0 Å². The van der Waals surface area contributed by atoms with Gasteiger partial charge >= 0.3 is 0 Å². The highest BCUT2D eigenvalue weighted by Crippen LogP contribution is 2.22. The van der Waals surface area contributed by atoms with Crippen LogP contribution in [0.1, 0.15) is 23.0 Å². The van der Waals surface area contributed by atoms with Crippen molar-refractivity contribution in [2.75, 3.05) is 19.8 Å². The van der Waals surface area contributed by atoms with Crippen LogP contribution in [0.25, 0.3) is 10.9 Å². The highest BCUT2D eigenvalue weighted by molar-refractivity contribution is 5.98.